The molecule has 37 heavy (non-hydrogen) atoms. The lowest BCUT2D eigenvalue weighted by atomic mass is 9.70. The van der Waals surface area contributed by atoms with Crippen LogP contribution in [0.25, 0.3) is 10.9 Å². The van der Waals surface area contributed by atoms with E-state index in [-0.39, 0.29) is 11.8 Å². The molecule has 2 amide bonds. The van der Waals surface area contributed by atoms with Crippen molar-refractivity contribution >= 4 is 28.4 Å². The molecule has 0 saturated carbocycles. The predicted octanol–water partition coefficient (Wildman–Crippen LogP) is 4.02. The number of hydrogen-bond donors (Lipinski definition) is 2. The van der Waals surface area contributed by atoms with Gasteiger partial charge in [0, 0.05) is 65.5 Å². The van der Waals surface area contributed by atoms with E-state index < -0.39 is 5.41 Å². The lowest BCUT2D eigenvalue weighted by Gasteiger charge is -2.46. The van der Waals surface area contributed by atoms with Gasteiger partial charge in [-0.25, -0.2) is 4.79 Å². The van der Waals surface area contributed by atoms with Crippen molar-refractivity contribution in [2.24, 2.45) is 0 Å². The maximum Gasteiger partial charge on any atom is 0.321 e. The van der Waals surface area contributed by atoms with Crippen LogP contribution in [-0.2, 0) is 16.6 Å². The fraction of sp³-hybridized carbons (Fsp3) is 0.414. The third-order valence-corrected chi connectivity index (χ3v) is 8.28. The van der Waals surface area contributed by atoms with E-state index in [2.05, 4.69) is 35.1 Å². The standard InChI is InChI=1S/C29H31N5O3/c1-4-18-12-21-22(13-23(18)32-28(36)34-15-19(16-34)33-7-9-37-10-8-33)29(2,3)27-25(26(21)35)20-6-5-17(14-30)11-24(20)31-27/h5-6,11-13,19,31H,4,7-10,15-16H2,1-3H3,(H,32,36). The number of morpholine rings is 1. The SMILES string of the molecule is CCc1cc2c(cc1NC(=O)N1CC(N3CCOCC3)C1)C(C)(C)c1[nH]c3cc(C#N)ccc3c1C2=O. The van der Waals surface area contributed by atoms with Crippen molar-refractivity contribution in [1.29, 1.82) is 5.26 Å². The molecule has 1 aromatic heterocycles. The number of nitrogens with one attached hydrogen (secondary N) is 2. The largest absolute Gasteiger partial charge is 0.379 e. The summed E-state index contributed by atoms with van der Waals surface area (Å²) in [6.45, 7) is 11.0. The normalized spacial score (nSPS) is 19.2. The summed E-state index contributed by atoms with van der Waals surface area (Å²) >= 11 is 0. The number of ketones is 1. The van der Waals surface area contributed by atoms with Gasteiger partial charge in [-0.15, -0.1) is 0 Å². The van der Waals surface area contributed by atoms with Gasteiger partial charge in [0.25, 0.3) is 0 Å². The van der Waals surface area contributed by atoms with E-state index in [0.29, 0.717) is 42.2 Å². The summed E-state index contributed by atoms with van der Waals surface area (Å²) < 4.78 is 5.44. The quantitative estimate of drug-likeness (QED) is 0.569. The van der Waals surface area contributed by atoms with Gasteiger partial charge in [0.1, 0.15) is 0 Å². The number of amides is 2. The van der Waals surface area contributed by atoms with E-state index in [1.54, 1.807) is 12.1 Å². The highest BCUT2D eigenvalue weighted by Gasteiger charge is 2.41. The summed E-state index contributed by atoms with van der Waals surface area (Å²) in [5.74, 6) is -0.0241. The Morgan fingerprint density at radius 3 is 2.68 bits per heavy atom. The minimum atomic E-state index is -0.492. The molecule has 1 aliphatic carbocycles. The molecule has 0 bridgehead atoms. The number of aromatic amines is 1. The first-order chi connectivity index (χ1) is 17.8. The van der Waals surface area contributed by atoms with Crippen LogP contribution in [0.4, 0.5) is 10.5 Å². The van der Waals surface area contributed by atoms with E-state index >= 15 is 0 Å². The van der Waals surface area contributed by atoms with Crippen LogP contribution in [-0.4, -0.2) is 72.0 Å². The van der Waals surface area contributed by atoms with E-state index in [1.807, 2.05) is 30.0 Å². The van der Waals surface area contributed by atoms with Gasteiger partial charge in [0.05, 0.1) is 30.4 Å². The first-order valence-electron chi connectivity index (χ1n) is 13.0. The average molecular weight is 498 g/mol. The molecule has 3 heterocycles. The van der Waals surface area contributed by atoms with Crippen molar-refractivity contribution in [3.05, 3.63) is 63.8 Å². The zero-order valence-corrected chi connectivity index (χ0v) is 21.5. The maximum absolute atomic E-state index is 13.8. The summed E-state index contributed by atoms with van der Waals surface area (Å²) in [6, 6.07) is 11.8. The minimum Gasteiger partial charge on any atom is -0.379 e. The number of carbonyl (C=O) groups excluding carboxylic acids is 2. The number of likely N-dealkylation sites (tertiary alicyclic amines) is 1. The molecule has 2 aliphatic heterocycles. The van der Waals surface area contributed by atoms with Crippen LogP contribution in [0.3, 0.4) is 0 Å². The van der Waals surface area contributed by atoms with E-state index in [9.17, 15) is 14.9 Å². The number of nitriles is 1. The lowest BCUT2D eigenvalue weighted by molar-refractivity contribution is -0.0189. The number of urea groups is 1. The van der Waals surface area contributed by atoms with Crippen LogP contribution in [0.1, 0.15) is 59.1 Å². The number of anilines is 1. The molecule has 2 saturated heterocycles. The Hall–Kier alpha value is -3.67. The monoisotopic (exact) mass is 497 g/mol. The van der Waals surface area contributed by atoms with Crippen LogP contribution in [0, 0.1) is 11.3 Å². The molecule has 0 spiro atoms. The van der Waals surface area contributed by atoms with E-state index in [1.165, 1.54) is 0 Å². The van der Waals surface area contributed by atoms with Gasteiger partial charge in [-0.3, -0.25) is 9.69 Å². The van der Waals surface area contributed by atoms with Crippen molar-refractivity contribution in [3.8, 4) is 6.07 Å². The number of ether oxygens (including phenoxy) is 1. The molecule has 6 rings (SSSR count). The van der Waals surface area contributed by atoms with E-state index in [0.717, 1.165) is 59.7 Å². The summed E-state index contributed by atoms with van der Waals surface area (Å²) in [5.41, 5.74) is 5.62. The molecule has 8 nitrogen and oxygen atoms in total. The first kappa shape index (κ1) is 23.7. The number of nitrogens with zero attached hydrogens (tertiary/aromatic N) is 3. The third-order valence-electron chi connectivity index (χ3n) is 8.28. The second kappa shape index (κ2) is 8.72. The molecule has 8 heteroatoms. The topological polar surface area (TPSA) is 101 Å². The number of rotatable bonds is 3. The number of aromatic nitrogens is 1. The Bertz CT molecular complexity index is 1470. The van der Waals surface area contributed by atoms with Crippen molar-refractivity contribution in [3.63, 3.8) is 0 Å². The molecular formula is C29H31N5O3. The van der Waals surface area contributed by atoms with Gasteiger partial charge in [-0.2, -0.15) is 5.26 Å². The maximum atomic E-state index is 13.8. The average Bonchev–Trinajstić information content (AvgIpc) is 3.27. The van der Waals surface area contributed by atoms with Crippen LogP contribution in [0.2, 0.25) is 0 Å². The Kier molecular flexibility index (Phi) is 5.59. The van der Waals surface area contributed by atoms with Gasteiger partial charge >= 0.3 is 6.03 Å². The molecule has 2 N–H and O–H groups in total. The Balaban J connectivity index is 1.30. The highest BCUT2D eigenvalue weighted by molar-refractivity contribution is 6.20. The second-order valence-electron chi connectivity index (χ2n) is 10.7. The lowest BCUT2D eigenvalue weighted by Crippen LogP contribution is -2.63. The van der Waals surface area contributed by atoms with Crippen molar-refractivity contribution in [2.45, 2.75) is 38.6 Å². The number of fused-ring (bicyclic) bond motifs is 4. The molecular weight excluding hydrogens is 466 g/mol. The zero-order valence-electron chi connectivity index (χ0n) is 21.5. The molecule has 0 atom stereocenters. The Morgan fingerprint density at radius 2 is 1.97 bits per heavy atom. The summed E-state index contributed by atoms with van der Waals surface area (Å²) in [7, 11) is 0. The fourth-order valence-electron chi connectivity index (χ4n) is 5.99. The number of carbonyl (C=O) groups is 2. The summed E-state index contributed by atoms with van der Waals surface area (Å²) in [6.07, 6.45) is 0.694. The number of hydrogen-bond acceptors (Lipinski definition) is 5. The number of benzene rings is 2. The van der Waals surface area contributed by atoms with Crippen molar-refractivity contribution < 1.29 is 14.3 Å². The number of H-pyrrole nitrogens is 1. The second-order valence-corrected chi connectivity index (χ2v) is 10.7. The highest BCUT2D eigenvalue weighted by atomic mass is 16.5. The van der Waals surface area contributed by atoms with Crippen molar-refractivity contribution in [2.75, 3.05) is 44.7 Å². The predicted molar refractivity (Wildman–Crippen MR) is 141 cm³/mol. The van der Waals surface area contributed by atoms with Crippen LogP contribution in [0.15, 0.2) is 30.3 Å². The van der Waals surface area contributed by atoms with Crippen molar-refractivity contribution in [1.82, 2.24) is 14.8 Å². The molecule has 190 valence electrons. The van der Waals surface area contributed by atoms with Crippen LogP contribution >= 0.6 is 0 Å². The van der Waals surface area contributed by atoms with Gasteiger partial charge in [0.2, 0.25) is 0 Å². The molecule has 2 fully saturated rings. The molecule has 3 aliphatic rings. The van der Waals surface area contributed by atoms with Crippen LogP contribution in [0.5, 0.6) is 0 Å². The number of aryl methyl sites for hydroxylation is 1. The summed E-state index contributed by atoms with van der Waals surface area (Å²) in [5, 5.41) is 13.3. The van der Waals surface area contributed by atoms with Gasteiger partial charge in [-0.1, -0.05) is 26.8 Å². The Labute approximate surface area is 216 Å². The molecule has 2 aromatic carbocycles. The molecule has 3 aromatic rings. The van der Waals surface area contributed by atoms with Crippen LogP contribution < -0.4 is 5.32 Å². The van der Waals surface area contributed by atoms with Gasteiger partial charge in [0.15, 0.2) is 5.78 Å². The molecule has 0 radical (unpaired) electrons. The Morgan fingerprint density at radius 1 is 1.22 bits per heavy atom. The third kappa shape index (κ3) is 3.73. The minimum absolute atomic E-state index is 0.0241. The zero-order chi connectivity index (χ0) is 25.9. The fourth-order valence-corrected chi connectivity index (χ4v) is 5.99. The van der Waals surface area contributed by atoms with Gasteiger partial charge in [-0.05, 0) is 41.8 Å². The smallest absolute Gasteiger partial charge is 0.321 e. The molecule has 0 unspecified atom stereocenters. The van der Waals surface area contributed by atoms with E-state index in [4.69, 9.17) is 4.74 Å². The summed E-state index contributed by atoms with van der Waals surface area (Å²) in [4.78, 5) is 34.6. The van der Waals surface area contributed by atoms with Gasteiger partial charge < -0.3 is 19.9 Å². The first-order valence-corrected chi connectivity index (χ1v) is 13.0. The highest BCUT2D eigenvalue weighted by Crippen LogP contribution is 2.45.